The molecule has 0 spiro atoms. The molecule has 61 heavy (non-hydrogen) atoms. The third kappa shape index (κ3) is 14.2. The minimum absolute atomic E-state index is 0.152. The summed E-state index contributed by atoms with van der Waals surface area (Å²) in [5.41, 5.74) is 7.41. The molecule has 0 atom stereocenters. The fourth-order valence-corrected chi connectivity index (χ4v) is 7.18. The van der Waals surface area contributed by atoms with Gasteiger partial charge in [0.1, 0.15) is 5.75 Å². The van der Waals surface area contributed by atoms with Gasteiger partial charge >= 0.3 is 11.9 Å². The lowest BCUT2D eigenvalue weighted by Crippen LogP contribution is -2.13. The van der Waals surface area contributed by atoms with Crippen LogP contribution in [0.25, 0.3) is 0 Å². The third-order valence-electron chi connectivity index (χ3n) is 10.3. The molecule has 0 aliphatic heterocycles. The smallest absolute Gasteiger partial charge is 0.335 e. The number of carboxylic acid groups (broad SMARTS) is 2. The predicted octanol–water partition coefficient (Wildman–Crippen LogP) is 11.8. The molecular formula is C51H51ClN2O7. The highest BCUT2D eigenvalue weighted by Gasteiger charge is 2.13. The maximum absolute atomic E-state index is 12.6. The summed E-state index contributed by atoms with van der Waals surface area (Å²) < 4.78 is 5.14. The summed E-state index contributed by atoms with van der Waals surface area (Å²) in [4.78, 5) is 47.7. The van der Waals surface area contributed by atoms with Gasteiger partial charge in [-0.3, -0.25) is 9.59 Å². The van der Waals surface area contributed by atoms with Crippen LogP contribution in [-0.2, 0) is 25.7 Å². The zero-order valence-electron chi connectivity index (χ0n) is 34.2. The normalized spacial score (nSPS) is 10.5. The summed E-state index contributed by atoms with van der Waals surface area (Å²) >= 11 is 5.98. The van der Waals surface area contributed by atoms with Crippen molar-refractivity contribution in [3.05, 3.63) is 195 Å². The van der Waals surface area contributed by atoms with E-state index in [9.17, 15) is 29.4 Å². The monoisotopic (exact) mass is 838 g/mol. The molecule has 0 saturated carbocycles. The first-order valence-corrected chi connectivity index (χ1v) is 20.8. The number of para-hydroxylation sites is 2. The van der Waals surface area contributed by atoms with Crippen molar-refractivity contribution < 1.29 is 34.1 Å². The summed E-state index contributed by atoms with van der Waals surface area (Å²) in [6, 6.07) is 43.8. The van der Waals surface area contributed by atoms with Gasteiger partial charge in [0, 0.05) is 27.5 Å². The first-order valence-electron chi connectivity index (χ1n) is 20.4. The molecule has 6 aromatic carbocycles. The standard InChI is InChI=1S/C26H27NO4.C25H24ClNO3/c1-31-22-17-15-21(16-18-22)25(28)27-24-14-8-6-12-20(24)11-4-2-3-9-19-10-5-7-13-23(19)26(29)30;26-21-14-8-13-20(17-21)24(28)27-23-16-7-5-12-19(23)11-3-1-2-9-18-10-4-6-15-22(18)25(29)30/h5-8,10,12-18H,2-4,9,11H2,1H3,(H,27,28)(H,29,30);4-8,10,12-17H,1-3,9,11H2,(H,27,28)(H,29,30). The number of rotatable bonds is 19. The van der Waals surface area contributed by atoms with Crippen molar-refractivity contribution in [1.29, 1.82) is 0 Å². The highest BCUT2D eigenvalue weighted by Crippen LogP contribution is 2.23. The van der Waals surface area contributed by atoms with Crippen LogP contribution in [-0.4, -0.2) is 41.1 Å². The molecule has 2 amide bonds. The first kappa shape index (κ1) is 45.4. The molecule has 0 unspecified atom stereocenters. The van der Waals surface area contributed by atoms with E-state index >= 15 is 0 Å². The average molecular weight is 839 g/mol. The lowest BCUT2D eigenvalue weighted by atomic mass is 9.99. The second-order valence-corrected chi connectivity index (χ2v) is 14.9. The molecule has 9 nitrogen and oxygen atoms in total. The number of carbonyl (C=O) groups is 4. The number of methoxy groups -OCH3 is 1. The van der Waals surface area contributed by atoms with E-state index < -0.39 is 11.9 Å². The average Bonchev–Trinajstić information content (AvgIpc) is 3.27. The van der Waals surface area contributed by atoms with E-state index in [-0.39, 0.29) is 11.8 Å². The number of amides is 2. The molecule has 314 valence electrons. The van der Waals surface area contributed by atoms with Gasteiger partial charge in [0.2, 0.25) is 0 Å². The van der Waals surface area contributed by atoms with Crippen LogP contribution in [0.3, 0.4) is 0 Å². The number of aryl methyl sites for hydroxylation is 4. The van der Waals surface area contributed by atoms with Gasteiger partial charge in [-0.15, -0.1) is 0 Å². The van der Waals surface area contributed by atoms with Gasteiger partial charge in [0.25, 0.3) is 11.8 Å². The molecule has 10 heteroatoms. The Morgan fingerprint density at radius 2 is 0.885 bits per heavy atom. The number of nitrogens with one attached hydrogen (secondary N) is 2. The van der Waals surface area contributed by atoms with E-state index in [0.29, 0.717) is 33.0 Å². The SMILES string of the molecule is COc1ccc(C(=O)Nc2ccccc2CCCCCc2ccccc2C(=O)O)cc1.O=C(Nc1ccccc1CCCCCc1ccccc1C(=O)O)c1cccc(Cl)c1. The lowest BCUT2D eigenvalue weighted by molar-refractivity contribution is 0.0684. The second-order valence-electron chi connectivity index (χ2n) is 14.5. The maximum atomic E-state index is 12.6. The lowest BCUT2D eigenvalue weighted by Gasteiger charge is -2.12. The molecule has 0 heterocycles. The number of benzene rings is 6. The number of carboxylic acids is 2. The topological polar surface area (TPSA) is 142 Å². The minimum atomic E-state index is -0.880. The van der Waals surface area contributed by atoms with Gasteiger partial charge in [-0.05, 0) is 140 Å². The fourth-order valence-electron chi connectivity index (χ4n) is 6.99. The molecule has 0 saturated heterocycles. The maximum Gasteiger partial charge on any atom is 0.335 e. The predicted molar refractivity (Wildman–Crippen MR) is 243 cm³/mol. The van der Waals surface area contributed by atoms with Crippen LogP contribution in [0.5, 0.6) is 5.75 Å². The van der Waals surface area contributed by atoms with Gasteiger partial charge in [-0.2, -0.15) is 0 Å². The third-order valence-corrected chi connectivity index (χ3v) is 10.5. The fraction of sp³-hybridized carbons (Fsp3) is 0.216. The van der Waals surface area contributed by atoms with Gasteiger partial charge < -0.3 is 25.6 Å². The molecule has 0 aliphatic carbocycles. The summed E-state index contributed by atoms with van der Waals surface area (Å²) in [7, 11) is 1.59. The minimum Gasteiger partial charge on any atom is -0.497 e. The van der Waals surface area contributed by atoms with Crippen LogP contribution in [0.15, 0.2) is 146 Å². The van der Waals surface area contributed by atoms with Gasteiger partial charge in [0.15, 0.2) is 0 Å². The Hall–Kier alpha value is -6.71. The molecule has 0 bridgehead atoms. The summed E-state index contributed by atoms with van der Waals surface area (Å²) in [6.45, 7) is 0. The Balaban J connectivity index is 0.000000231. The molecule has 0 aliphatic rings. The van der Waals surface area contributed by atoms with Crippen LogP contribution in [0.4, 0.5) is 11.4 Å². The van der Waals surface area contributed by atoms with Crippen LogP contribution in [0.1, 0.15) is 102 Å². The highest BCUT2D eigenvalue weighted by molar-refractivity contribution is 6.31. The summed E-state index contributed by atoms with van der Waals surface area (Å²) in [6.07, 6.45) is 8.90. The molecule has 4 N–H and O–H groups in total. The van der Waals surface area contributed by atoms with Crippen molar-refractivity contribution in [2.45, 2.75) is 64.2 Å². The summed E-state index contributed by atoms with van der Waals surface area (Å²) in [5, 5.41) is 25.1. The van der Waals surface area contributed by atoms with Crippen LogP contribution >= 0.6 is 11.6 Å². The Kier molecular flexibility index (Phi) is 17.7. The molecule has 0 aromatic heterocycles. The number of halogens is 1. The van der Waals surface area contributed by atoms with Crippen molar-refractivity contribution in [1.82, 2.24) is 0 Å². The van der Waals surface area contributed by atoms with E-state index in [1.807, 2.05) is 72.8 Å². The van der Waals surface area contributed by atoms with Crippen molar-refractivity contribution in [3.8, 4) is 5.75 Å². The number of anilines is 2. The number of hydrogen-bond donors (Lipinski definition) is 4. The number of hydrogen-bond acceptors (Lipinski definition) is 5. The number of ether oxygens (including phenoxy) is 1. The number of carbonyl (C=O) groups excluding carboxylic acids is 2. The van der Waals surface area contributed by atoms with Crippen LogP contribution < -0.4 is 15.4 Å². The zero-order chi connectivity index (χ0) is 43.4. The molecule has 0 fully saturated rings. The van der Waals surface area contributed by atoms with Crippen molar-refractivity contribution in [3.63, 3.8) is 0 Å². The Labute approximate surface area is 362 Å². The Morgan fingerprint density at radius 1 is 0.475 bits per heavy atom. The van der Waals surface area contributed by atoms with Gasteiger partial charge in [-0.25, -0.2) is 9.59 Å². The van der Waals surface area contributed by atoms with Crippen molar-refractivity contribution in [2.75, 3.05) is 17.7 Å². The van der Waals surface area contributed by atoms with E-state index in [0.717, 1.165) is 97.8 Å². The second kappa shape index (κ2) is 23.8. The van der Waals surface area contributed by atoms with Gasteiger partial charge in [-0.1, -0.05) is 103 Å². The largest absolute Gasteiger partial charge is 0.497 e. The molecule has 6 aromatic rings. The highest BCUT2D eigenvalue weighted by atomic mass is 35.5. The number of unbranched alkanes of at least 4 members (excludes halogenated alkanes) is 4. The molecule has 0 radical (unpaired) electrons. The van der Waals surface area contributed by atoms with Crippen LogP contribution in [0, 0.1) is 0 Å². The van der Waals surface area contributed by atoms with Crippen molar-refractivity contribution in [2.24, 2.45) is 0 Å². The Bertz CT molecular complexity index is 2400. The van der Waals surface area contributed by atoms with E-state index in [4.69, 9.17) is 16.3 Å². The van der Waals surface area contributed by atoms with Crippen molar-refractivity contribution >= 4 is 46.7 Å². The summed E-state index contributed by atoms with van der Waals surface area (Å²) in [5.74, 6) is -1.38. The first-order chi connectivity index (χ1) is 29.6. The quantitative estimate of drug-likeness (QED) is 0.0595. The van der Waals surface area contributed by atoms with E-state index in [1.165, 1.54) is 0 Å². The molecule has 6 rings (SSSR count). The zero-order valence-corrected chi connectivity index (χ0v) is 35.0. The Morgan fingerprint density at radius 3 is 1.33 bits per heavy atom. The number of aromatic carboxylic acids is 2. The van der Waals surface area contributed by atoms with E-state index in [1.54, 1.807) is 79.9 Å². The molecular weight excluding hydrogens is 788 g/mol. The van der Waals surface area contributed by atoms with E-state index in [2.05, 4.69) is 10.6 Å². The van der Waals surface area contributed by atoms with Crippen LogP contribution in [0.2, 0.25) is 5.02 Å². The van der Waals surface area contributed by atoms with Gasteiger partial charge in [0.05, 0.1) is 18.2 Å².